The topological polar surface area (TPSA) is 57.2 Å². The van der Waals surface area contributed by atoms with Gasteiger partial charge in [0.25, 0.3) is 0 Å². The molecule has 0 saturated heterocycles. The Morgan fingerprint density at radius 3 is 1.77 bits per heavy atom. The summed E-state index contributed by atoms with van der Waals surface area (Å²) < 4.78 is 24.2. The summed E-state index contributed by atoms with van der Waals surface area (Å²) in [6, 6.07) is 25.9. The molecule has 0 aliphatic rings. The number of aliphatic hydroxyl groups excluding tert-OH is 1. The van der Waals surface area contributed by atoms with Gasteiger partial charge in [-0.05, 0) is 77.7 Å². The lowest BCUT2D eigenvalue weighted by Gasteiger charge is -2.37. The van der Waals surface area contributed by atoms with Crippen LogP contribution in [0.5, 0.6) is 11.5 Å². The van der Waals surface area contributed by atoms with Crippen molar-refractivity contribution in [3.8, 4) is 35.2 Å². The maximum atomic E-state index is 10.8. The Bertz CT molecular complexity index is 1530. The molecule has 0 heterocycles. The predicted octanol–water partition coefficient (Wildman–Crippen LogP) is 9.07. The predicted molar refractivity (Wildman–Crippen MR) is 200 cm³/mol. The van der Waals surface area contributed by atoms with Crippen molar-refractivity contribution in [3.63, 3.8) is 0 Å². The minimum atomic E-state index is -1.96. The molecular formula is C42H52O5Si. The summed E-state index contributed by atoms with van der Waals surface area (Å²) in [5, 5.41) is 10.9. The first-order chi connectivity index (χ1) is 23.0. The number of hydrogen-bond acceptors (Lipinski definition) is 5. The van der Waals surface area contributed by atoms with Gasteiger partial charge in [-0.15, -0.1) is 0 Å². The fourth-order valence-electron chi connectivity index (χ4n) is 4.89. The van der Waals surface area contributed by atoms with E-state index in [1.165, 1.54) is 0 Å². The van der Waals surface area contributed by atoms with Crippen molar-refractivity contribution in [1.29, 1.82) is 0 Å². The van der Waals surface area contributed by atoms with Gasteiger partial charge < -0.3 is 23.7 Å². The summed E-state index contributed by atoms with van der Waals surface area (Å²) in [5.74, 6) is 13.7. The van der Waals surface area contributed by atoms with Crippen LogP contribution in [0, 0.1) is 23.7 Å². The van der Waals surface area contributed by atoms with Gasteiger partial charge in [-0.2, -0.15) is 0 Å². The van der Waals surface area contributed by atoms with E-state index >= 15 is 0 Å². The molecule has 1 N–H and O–H groups in total. The Labute approximate surface area is 290 Å². The SMILES string of the molecule is CC/C=C\C[C@@H](C#C/C=C\C#C[C@@H](O)CCOC(c1ccccc1)(c1ccc(OC)cc1)c1ccc(OC)cc1)O[Si](C)(C)C(C)(C)C. The Balaban J connectivity index is 1.78. The fourth-order valence-corrected chi connectivity index (χ4v) is 6.11. The van der Waals surface area contributed by atoms with Crippen molar-refractivity contribution in [2.24, 2.45) is 0 Å². The Morgan fingerprint density at radius 2 is 1.27 bits per heavy atom. The minimum Gasteiger partial charge on any atom is -0.497 e. The maximum Gasteiger partial charge on any atom is 0.193 e. The third kappa shape index (κ3) is 10.7. The van der Waals surface area contributed by atoms with E-state index in [0.717, 1.165) is 41.0 Å². The van der Waals surface area contributed by atoms with Crippen LogP contribution in [0.3, 0.4) is 0 Å². The molecule has 5 nitrogen and oxygen atoms in total. The standard InChI is InChI=1S/C42H52O5Si/c1-9-10-14-22-40(47-48(7,8)41(2,3)4)23-18-12-11-17-21-37(43)32-33-46-42(34-19-15-13-16-20-34,35-24-28-38(44-5)29-25-35)36-26-30-39(45-6)31-27-36/h10-16,19-20,24-31,37,40,43H,9,22,32-33H2,1-8H3/b12-11-,14-10-/t37-,40+/m1/s1. The van der Waals surface area contributed by atoms with E-state index in [4.69, 9.17) is 18.6 Å². The average molecular weight is 665 g/mol. The van der Waals surface area contributed by atoms with E-state index in [0.29, 0.717) is 6.42 Å². The smallest absolute Gasteiger partial charge is 0.193 e. The van der Waals surface area contributed by atoms with Gasteiger partial charge in [0.1, 0.15) is 29.3 Å². The van der Waals surface area contributed by atoms with Gasteiger partial charge in [0.15, 0.2) is 8.32 Å². The van der Waals surface area contributed by atoms with Crippen molar-refractivity contribution < 1.29 is 23.7 Å². The molecule has 48 heavy (non-hydrogen) atoms. The molecule has 0 unspecified atom stereocenters. The molecule has 2 atom stereocenters. The molecule has 0 saturated carbocycles. The fraction of sp³-hybridized carbons (Fsp3) is 0.381. The summed E-state index contributed by atoms with van der Waals surface area (Å²) in [6.07, 6.45) is 8.69. The second-order valence-corrected chi connectivity index (χ2v) is 17.8. The minimum absolute atomic E-state index is 0.104. The lowest BCUT2D eigenvalue weighted by molar-refractivity contribution is 0.000748. The Kier molecular flexibility index (Phi) is 14.8. The summed E-state index contributed by atoms with van der Waals surface area (Å²) >= 11 is 0. The largest absolute Gasteiger partial charge is 0.497 e. The molecule has 0 radical (unpaired) electrons. The maximum absolute atomic E-state index is 10.8. The van der Waals surface area contributed by atoms with Gasteiger partial charge in [-0.1, -0.05) is 118 Å². The molecule has 0 aliphatic heterocycles. The van der Waals surface area contributed by atoms with Gasteiger partial charge in [-0.3, -0.25) is 0 Å². The summed E-state index contributed by atoms with van der Waals surface area (Å²) in [5.41, 5.74) is 1.88. The van der Waals surface area contributed by atoms with Crippen LogP contribution in [0.25, 0.3) is 0 Å². The number of allylic oxidation sites excluding steroid dienone is 3. The zero-order valence-corrected chi connectivity index (χ0v) is 30.9. The summed E-state index contributed by atoms with van der Waals surface area (Å²) in [7, 11) is 1.34. The van der Waals surface area contributed by atoms with Crippen molar-refractivity contribution >= 4 is 8.32 Å². The highest BCUT2D eigenvalue weighted by molar-refractivity contribution is 6.74. The van der Waals surface area contributed by atoms with E-state index in [9.17, 15) is 5.11 Å². The number of hydrogen-bond donors (Lipinski definition) is 1. The van der Waals surface area contributed by atoms with Gasteiger partial charge in [-0.25, -0.2) is 0 Å². The lowest BCUT2D eigenvalue weighted by atomic mass is 9.80. The third-order valence-electron chi connectivity index (χ3n) is 8.62. The van der Waals surface area contributed by atoms with E-state index in [1.807, 2.05) is 66.7 Å². The van der Waals surface area contributed by atoms with E-state index < -0.39 is 20.0 Å². The molecule has 0 amide bonds. The molecule has 0 bridgehead atoms. The number of benzene rings is 3. The molecule has 0 aromatic heterocycles. The molecule has 6 heteroatoms. The van der Waals surface area contributed by atoms with Gasteiger partial charge in [0, 0.05) is 12.8 Å². The Hall–Kier alpha value is -4.04. The molecule has 3 aromatic carbocycles. The van der Waals surface area contributed by atoms with Gasteiger partial charge >= 0.3 is 0 Å². The highest BCUT2D eigenvalue weighted by atomic mass is 28.4. The van der Waals surface area contributed by atoms with Crippen LogP contribution >= 0.6 is 0 Å². The first-order valence-corrected chi connectivity index (χ1v) is 19.5. The Morgan fingerprint density at radius 1 is 0.750 bits per heavy atom. The highest BCUT2D eigenvalue weighted by Gasteiger charge is 2.39. The number of methoxy groups -OCH3 is 2. The van der Waals surface area contributed by atoms with Gasteiger partial charge in [0.2, 0.25) is 0 Å². The molecule has 0 spiro atoms. The first-order valence-electron chi connectivity index (χ1n) is 16.6. The van der Waals surface area contributed by atoms with E-state index in [2.05, 4.69) is 88.8 Å². The second-order valence-electron chi connectivity index (χ2n) is 13.0. The number of rotatable bonds is 14. The van der Waals surface area contributed by atoms with Crippen molar-refractivity contribution in [1.82, 2.24) is 0 Å². The molecule has 3 rings (SSSR count). The molecule has 254 valence electrons. The van der Waals surface area contributed by atoms with Crippen LogP contribution in [-0.4, -0.2) is 46.5 Å². The zero-order valence-electron chi connectivity index (χ0n) is 29.9. The molecule has 3 aromatic rings. The highest BCUT2D eigenvalue weighted by Crippen LogP contribution is 2.42. The monoisotopic (exact) mass is 664 g/mol. The van der Waals surface area contributed by atoms with Crippen LogP contribution in [0.1, 0.15) is 63.6 Å². The van der Waals surface area contributed by atoms with E-state index in [1.54, 1.807) is 26.4 Å². The van der Waals surface area contributed by atoms with Crippen LogP contribution < -0.4 is 9.47 Å². The van der Waals surface area contributed by atoms with Crippen LogP contribution in [-0.2, 0) is 14.8 Å². The normalized spacial score (nSPS) is 13.4. The zero-order chi connectivity index (χ0) is 35.0. The van der Waals surface area contributed by atoms with Crippen molar-refractivity contribution in [2.75, 3.05) is 20.8 Å². The first kappa shape index (κ1) is 38.4. The molecule has 0 aliphatic carbocycles. The summed E-state index contributed by atoms with van der Waals surface area (Å²) in [6.45, 7) is 13.6. The van der Waals surface area contributed by atoms with Crippen molar-refractivity contribution in [3.05, 3.63) is 120 Å². The van der Waals surface area contributed by atoms with Gasteiger partial charge in [0.05, 0.1) is 20.8 Å². The van der Waals surface area contributed by atoms with Crippen molar-refractivity contribution in [2.45, 2.75) is 82.9 Å². The van der Waals surface area contributed by atoms with Crippen LogP contribution in [0.15, 0.2) is 103 Å². The van der Waals surface area contributed by atoms with E-state index in [-0.39, 0.29) is 17.7 Å². The number of aliphatic hydroxyl groups is 1. The lowest BCUT2D eigenvalue weighted by Crippen LogP contribution is -2.43. The second kappa shape index (κ2) is 18.5. The third-order valence-corrected chi connectivity index (χ3v) is 13.1. The van der Waals surface area contributed by atoms with Crippen LogP contribution in [0.4, 0.5) is 0 Å². The average Bonchev–Trinajstić information content (AvgIpc) is 3.08. The molecule has 0 fully saturated rings. The summed E-state index contributed by atoms with van der Waals surface area (Å²) in [4.78, 5) is 0. The molecular weight excluding hydrogens is 613 g/mol. The van der Waals surface area contributed by atoms with Crippen LogP contribution in [0.2, 0.25) is 18.1 Å². The number of ether oxygens (including phenoxy) is 3. The quantitative estimate of drug-likeness (QED) is 0.0807.